The molecule has 0 saturated heterocycles. The first kappa shape index (κ1) is 21.8. The van der Waals surface area contributed by atoms with Gasteiger partial charge in [0.25, 0.3) is 11.5 Å². The highest BCUT2D eigenvalue weighted by Gasteiger charge is 2.20. The van der Waals surface area contributed by atoms with Gasteiger partial charge in [-0.25, -0.2) is 9.67 Å². The molecule has 0 bridgehead atoms. The molecule has 0 unspecified atom stereocenters. The van der Waals surface area contributed by atoms with Crippen LogP contribution in [0.5, 0.6) is 0 Å². The minimum atomic E-state index is -0.313. The molecule has 2 N–H and O–H groups in total. The van der Waals surface area contributed by atoms with Crippen LogP contribution in [0.15, 0.2) is 88.8 Å². The summed E-state index contributed by atoms with van der Waals surface area (Å²) in [5, 5.41) is 3.65. The highest BCUT2D eigenvalue weighted by atomic mass is 32.2. The lowest BCUT2D eigenvalue weighted by Gasteiger charge is -2.09. The number of imidazole rings is 1. The van der Waals surface area contributed by atoms with Crippen molar-refractivity contribution in [3.63, 3.8) is 0 Å². The summed E-state index contributed by atoms with van der Waals surface area (Å²) in [6, 6.07) is 24.6. The summed E-state index contributed by atoms with van der Waals surface area (Å²) < 4.78 is 3.30. The monoisotopic (exact) mass is 469 g/mol. The second-order valence-corrected chi connectivity index (χ2v) is 8.86. The van der Waals surface area contributed by atoms with Crippen LogP contribution in [-0.2, 0) is 12.8 Å². The smallest absolute Gasteiger partial charge is 0.295 e. The molecule has 1 amide bonds. The highest BCUT2D eigenvalue weighted by Crippen LogP contribution is 2.25. The number of nitrogens with zero attached hydrogens (tertiary/aromatic N) is 3. The average molecular weight is 470 g/mol. The summed E-state index contributed by atoms with van der Waals surface area (Å²) >= 11 is 1.53. The number of H-pyrrole nitrogens is 1. The molecule has 5 rings (SSSR count). The number of amides is 1. The first-order valence-corrected chi connectivity index (χ1v) is 11.8. The van der Waals surface area contributed by atoms with Crippen molar-refractivity contribution in [3.05, 3.63) is 106 Å². The molecular weight excluding hydrogens is 446 g/mol. The molecule has 0 radical (unpaired) electrons. The van der Waals surface area contributed by atoms with Crippen molar-refractivity contribution in [1.82, 2.24) is 19.3 Å². The van der Waals surface area contributed by atoms with Gasteiger partial charge >= 0.3 is 0 Å². The Morgan fingerprint density at radius 2 is 1.71 bits per heavy atom. The summed E-state index contributed by atoms with van der Waals surface area (Å²) in [7, 11) is 1.80. The third-order valence-electron chi connectivity index (χ3n) is 5.79. The number of rotatable bonds is 6. The molecule has 0 fully saturated rings. The lowest BCUT2D eigenvalue weighted by molar-refractivity contribution is 0.102. The third kappa shape index (κ3) is 4.04. The SMILES string of the molecule is Cc1c(NC(=O)c2ccccc2CSc2nc3ccccc3[nH]2)c(=O)n(-c2ccccc2)n1C. The summed E-state index contributed by atoms with van der Waals surface area (Å²) in [6.45, 7) is 1.82. The molecule has 3 aromatic carbocycles. The van der Waals surface area contributed by atoms with E-state index in [0.29, 0.717) is 17.0 Å². The minimum Gasteiger partial charge on any atom is -0.333 e. The van der Waals surface area contributed by atoms with Crippen LogP contribution < -0.4 is 10.9 Å². The van der Waals surface area contributed by atoms with Crippen molar-refractivity contribution >= 4 is 34.4 Å². The number of carbonyl (C=O) groups excluding carboxylic acids is 1. The van der Waals surface area contributed by atoms with Gasteiger partial charge in [-0.05, 0) is 42.8 Å². The normalized spacial score (nSPS) is 11.1. The Morgan fingerprint density at radius 1 is 1.00 bits per heavy atom. The van der Waals surface area contributed by atoms with E-state index in [1.165, 1.54) is 11.8 Å². The van der Waals surface area contributed by atoms with E-state index in [2.05, 4.69) is 15.3 Å². The largest absolute Gasteiger partial charge is 0.333 e. The second kappa shape index (κ2) is 9.07. The number of hydrogen-bond acceptors (Lipinski definition) is 4. The fourth-order valence-electron chi connectivity index (χ4n) is 3.90. The molecule has 0 saturated carbocycles. The number of carbonyl (C=O) groups is 1. The molecule has 170 valence electrons. The lowest BCUT2D eigenvalue weighted by Crippen LogP contribution is -2.23. The molecule has 0 spiro atoms. The van der Waals surface area contributed by atoms with Gasteiger partial charge in [0, 0.05) is 18.4 Å². The molecule has 2 aromatic heterocycles. The Morgan fingerprint density at radius 3 is 2.50 bits per heavy atom. The zero-order chi connectivity index (χ0) is 23.7. The highest BCUT2D eigenvalue weighted by molar-refractivity contribution is 7.98. The standard InChI is InChI=1S/C26H23N5O2S/c1-17-23(25(33)31(30(17)2)19-11-4-3-5-12-19)29-24(32)20-13-7-6-10-18(20)16-34-26-27-21-14-8-9-15-22(21)28-26/h3-15H,16H2,1-2H3,(H,27,28)(H,29,32). The Labute approximate surface area is 200 Å². The number of anilines is 1. The Kier molecular flexibility index (Phi) is 5.81. The van der Waals surface area contributed by atoms with Gasteiger partial charge in [-0.3, -0.25) is 14.3 Å². The van der Waals surface area contributed by atoms with E-state index < -0.39 is 0 Å². The summed E-state index contributed by atoms with van der Waals surface area (Å²) in [5.74, 6) is 0.248. The first-order valence-electron chi connectivity index (χ1n) is 10.8. The van der Waals surface area contributed by atoms with E-state index in [1.54, 1.807) is 22.5 Å². The van der Waals surface area contributed by atoms with Crippen LogP contribution >= 0.6 is 11.8 Å². The molecule has 0 aliphatic heterocycles. The fourth-order valence-corrected chi connectivity index (χ4v) is 4.79. The predicted molar refractivity (Wildman–Crippen MR) is 136 cm³/mol. The van der Waals surface area contributed by atoms with Crippen LogP contribution in [0.4, 0.5) is 5.69 Å². The number of fused-ring (bicyclic) bond motifs is 1. The van der Waals surface area contributed by atoms with E-state index in [4.69, 9.17) is 0 Å². The number of aromatic amines is 1. The van der Waals surface area contributed by atoms with Crippen molar-refractivity contribution in [1.29, 1.82) is 0 Å². The maximum absolute atomic E-state index is 13.2. The lowest BCUT2D eigenvalue weighted by atomic mass is 10.1. The Balaban J connectivity index is 1.39. The van der Waals surface area contributed by atoms with Gasteiger partial charge in [-0.15, -0.1) is 0 Å². The molecule has 5 aromatic rings. The van der Waals surface area contributed by atoms with E-state index in [1.807, 2.05) is 79.7 Å². The summed E-state index contributed by atoms with van der Waals surface area (Å²) in [6.07, 6.45) is 0. The zero-order valence-electron chi connectivity index (χ0n) is 18.8. The van der Waals surface area contributed by atoms with Gasteiger partial charge in [-0.2, -0.15) is 0 Å². The van der Waals surface area contributed by atoms with Gasteiger partial charge in [0.1, 0.15) is 5.69 Å². The molecule has 34 heavy (non-hydrogen) atoms. The van der Waals surface area contributed by atoms with Gasteiger partial charge in [0.2, 0.25) is 0 Å². The van der Waals surface area contributed by atoms with Gasteiger partial charge in [0.15, 0.2) is 5.16 Å². The number of hydrogen-bond donors (Lipinski definition) is 2. The average Bonchev–Trinajstić information content (AvgIpc) is 3.37. The molecular formula is C26H23N5O2S. The van der Waals surface area contributed by atoms with Crippen LogP contribution in [0.1, 0.15) is 21.6 Å². The molecule has 7 nitrogen and oxygen atoms in total. The van der Waals surface area contributed by atoms with Crippen molar-refractivity contribution in [3.8, 4) is 5.69 Å². The quantitative estimate of drug-likeness (QED) is 0.346. The van der Waals surface area contributed by atoms with Crippen LogP contribution in [0.3, 0.4) is 0 Å². The maximum atomic E-state index is 13.2. The number of thioether (sulfide) groups is 1. The van der Waals surface area contributed by atoms with Crippen molar-refractivity contribution in [2.75, 3.05) is 5.32 Å². The maximum Gasteiger partial charge on any atom is 0.295 e. The molecule has 0 aliphatic rings. The molecule has 2 heterocycles. The van der Waals surface area contributed by atoms with Gasteiger partial charge in [-0.1, -0.05) is 60.3 Å². The Bertz CT molecular complexity index is 1520. The number of nitrogens with one attached hydrogen (secondary N) is 2. The number of aromatic nitrogens is 4. The minimum absolute atomic E-state index is 0.270. The predicted octanol–water partition coefficient (Wildman–Crippen LogP) is 4.91. The van der Waals surface area contributed by atoms with Crippen molar-refractivity contribution in [2.24, 2.45) is 7.05 Å². The first-order chi connectivity index (χ1) is 16.5. The fraction of sp³-hybridized carbons (Fsp3) is 0.115. The third-order valence-corrected chi connectivity index (χ3v) is 6.71. The summed E-state index contributed by atoms with van der Waals surface area (Å²) in [5.41, 5.74) is 4.69. The van der Waals surface area contributed by atoms with E-state index in [0.717, 1.165) is 27.4 Å². The molecule has 0 atom stereocenters. The van der Waals surface area contributed by atoms with Crippen LogP contribution in [0, 0.1) is 6.92 Å². The van der Waals surface area contributed by atoms with Gasteiger partial charge in [0.05, 0.1) is 22.4 Å². The van der Waals surface area contributed by atoms with E-state index in [9.17, 15) is 9.59 Å². The topological polar surface area (TPSA) is 84.7 Å². The molecule has 0 aliphatic carbocycles. The zero-order valence-corrected chi connectivity index (χ0v) is 19.6. The van der Waals surface area contributed by atoms with Crippen molar-refractivity contribution < 1.29 is 4.79 Å². The van der Waals surface area contributed by atoms with Crippen LogP contribution in [-0.4, -0.2) is 25.2 Å². The van der Waals surface area contributed by atoms with Crippen LogP contribution in [0.2, 0.25) is 0 Å². The van der Waals surface area contributed by atoms with Crippen LogP contribution in [0.25, 0.3) is 16.7 Å². The van der Waals surface area contributed by atoms with E-state index in [-0.39, 0.29) is 17.2 Å². The number of para-hydroxylation sites is 3. The summed E-state index contributed by atoms with van der Waals surface area (Å²) in [4.78, 5) is 34.3. The van der Waals surface area contributed by atoms with E-state index >= 15 is 0 Å². The van der Waals surface area contributed by atoms with Gasteiger partial charge < -0.3 is 10.3 Å². The molecule has 8 heteroatoms. The number of benzene rings is 3. The second-order valence-electron chi connectivity index (χ2n) is 7.90. The van der Waals surface area contributed by atoms with Crippen molar-refractivity contribution in [2.45, 2.75) is 17.8 Å². The Hall–Kier alpha value is -4.04.